The van der Waals surface area contributed by atoms with Gasteiger partial charge in [0.15, 0.2) is 10.5 Å². The lowest BCUT2D eigenvalue weighted by atomic mass is 10.3. The normalized spacial score (nSPS) is 12.5. The molecule has 0 aliphatic carbocycles. The maximum Gasteiger partial charge on any atom is 0.300 e. The second kappa shape index (κ2) is 6.64. The van der Waals surface area contributed by atoms with Gasteiger partial charge in [-0.1, -0.05) is 27.3 Å². The molecule has 3 rings (SSSR count). The van der Waals surface area contributed by atoms with Crippen LogP contribution in [0.5, 0.6) is 0 Å². The van der Waals surface area contributed by atoms with Crippen LogP contribution >= 0.6 is 27.3 Å². The number of fused-ring (bicyclic) bond motifs is 1. The highest BCUT2D eigenvalue weighted by Crippen LogP contribution is 2.22. The highest BCUT2D eigenvalue weighted by Gasteiger charge is 2.14. The SMILES string of the molecule is CCn1c(=NC(=O)c2cc(C)n(C(C)C)n2)sc2cc(Br)ccc21. The molecule has 0 radical (unpaired) electrons. The average molecular weight is 407 g/mol. The Balaban J connectivity index is 2.09. The monoisotopic (exact) mass is 406 g/mol. The van der Waals surface area contributed by atoms with E-state index in [0.717, 1.165) is 26.9 Å². The van der Waals surface area contributed by atoms with E-state index >= 15 is 0 Å². The van der Waals surface area contributed by atoms with Crippen LogP contribution in [0.4, 0.5) is 0 Å². The Morgan fingerprint density at radius 3 is 2.75 bits per heavy atom. The molecule has 1 aromatic carbocycles. The largest absolute Gasteiger partial charge is 0.317 e. The summed E-state index contributed by atoms with van der Waals surface area (Å²) in [6.07, 6.45) is 0. The fourth-order valence-electron chi connectivity index (χ4n) is 2.70. The van der Waals surface area contributed by atoms with Crippen molar-refractivity contribution >= 4 is 43.4 Å². The molecular formula is C17H19BrN4OS. The molecule has 0 aliphatic rings. The summed E-state index contributed by atoms with van der Waals surface area (Å²) in [5.74, 6) is -0.301. The summed E-state index contributed by atoms with van der Waals surface area (Å²) < 4.78 is 6.01. The molecule has 0 atom stereocenters. The maximum absolute atomic E-state index is 12.6. The smallest absolute Gasteiger partial charge is 0.300 e. The van der Waals surface area contributed by atoms with Crippen LogP contribution in [0.15, 0.2) is 33.7 Å². The summed E-state index contributed by atoms with van der Waals surface area (Å²) in [6.45, 7) is 8.84. The molecule has 0 saturated carbocycles. The van der Waals surface area contributed by atoms with Crippen LogP contribution in [0.1, 0.15) is 43.0 Å². The summed E-state index contributed by atoms with van der Waals surface area (Å²) in [5.41, 5.74) is 2.44. The van der Waals surface area contributed by atoms with E-state index in [2.05, 4.69) is 37.5 Å². The van der Waals surface area contributed by atoms with E-state index < -0.39 is 0 Å². The van der Waals surface area contributed by atoms with E-state index in [1.165, 1.54) is 11.3 Å². The summed E-state index contributed by atoms with van der Waals surface area (Å²) in [6, 6.07) is 8.11. The number of rotatable bonds is 3. The minimum Gasteiger partial charge on any atom is -0.317 e. The number of nitrogens with zero attached hydrogens (tertiary/aromatic N) is 4. The number of thiazole rings is 1. The molecule has 1 amide bonds. The Bertz CT molecular complexity index is 980. The minimum atomic E-state index is -0.301. The Labute approximate surface area is 152 Å². The summed E-state index contributed by atoms with van der Waals surface area (Å²) in [5, 5.41) is 4.39. The number of halogens is 1. The molecule has 0 bridgehead atoms. The van der Waals surface area contributed by atoms with Crippen molar-refractivity contribution in [3.63, 3.8) is 0 Å². The van der Waals surface area contributed by atoms with Gasteiger partial charge in [-0.25, -0.2) is 0 Å². The molecule has 126 valence electrons. The van der Waals surface area contributed by atoms with Gasteiger partial charge < -0.3 is 4.57 Å². The highest BCUT2D eigenvalue weighted by molar-refractivity contribution is 9.10. The van der Waals surface area contributed by atoms with Gasteiger partial charge >= 0.3 is 0 Å². The minimum absolute atomic E-state index is 0.216. The van der Waals surface area contributed by atoms with Crippen LogP contribution in [0.25, 0.3) is 10.2 Å². The molecule has 24 heavy (non-hydrogen) atoms. The topological polar surface area (TPSA) is 52.2 Å². The number of carbonyl (C=O) groups is 1. The average Bonchev–Trinajstić information content (AvgIpc) is 3.06. The quantitative estimate of drug-likeness (QED) is 0.650. The van der Waals surface area contributed by atoms with Gasteiger partial charge in [-0.2, -0.15) is 10.1 Å². The van der Waals surface area contributed by atoms with Crippen molar-refractivity contribution in [1.29, 1.82) is 0 Å². The number of aryl methyl sites for hydroxylation is 2. The fraction of sp³-hybridized carbons (Fsp3) is 0.353. The van der Waals surface area contributed by atoms with E-state index in [4.69, 9.17) is 0 Å². The first-order valence-electron chi connectivity index (χ1n) is 7.84. The predicted molar refractivity (Wildman–Crippen MR) is 100 cm³/mol. The molecule has 0 unspecified atom stereocenters. The van der Waals surface area contributed by atoms with Crippen molar-refractivity contribution in [2.24, 2.45) is 4.99 Å². The van der Waals surface area contributed by atoms with Gasteiger partial charge in [0, 0.05) is 22.8 Å². The zero-order valence-electron chi connectivity index (χ0n) is 14.1. The molecule has 3 aromatic rings. The summed E-state index contributed by atoms with van der Waals surface area (Å²) >= 11 is 5.00. The van der Waals surface area contributed by atoms with Crippen molar-refractivity contribution in [1.82, 2.24) is 14.3 Å². The molecular weight excluding hydrogens is 388 g/mol. The third kappa shape index (κ3) is 3.10. The number of amides is 1. The van der Waals surface area contributed by atoms with Crippen molar-refractivity contribution < 1.29 is 4.79 Å². The number of hydrogen-bond donors (Lipinski definition) is 0. The van der Waals surface area contributed by atoms with Gasteiger partial charge in [0.2, 0.25) is 0 Å². The van der Waals surface area contributed by atoms with E-state index in [-0.39, 0.29) is 11.9 Å². The molecule has 5 nitrogen and oxygen atoms in total. The number of aromatic nitrogens is 3. The standard InChI is InChI=1S/C17H19BrN4OS/c1-5-21-14-7-6-12(18)9-15(14)24-17(21)19-16(23)13-8-11(4)22(20-13)10(2)3/h6-10H,5H2,1-4H3. The number of benzene rings is 1. The lowest BCUT2D eigenvalue weighted by molar-refractivity contribution is 0.0992. The lowest BCUT2D eigenvalue weighted by Crippen LogP contribution is -2.16. The van der Waals surface area contributed by atoms with Gasteiger partial charge in [-0.3, -0.25) is 9.48 Å². The molecule has 2 heterocycles. The van der Waals surface area contributed by atoms with Gasteiger partial charge in [0.25, 0.3) is 5.91 Å². The van der Waals surface area contributed by atoms with Crippen LogP contribution in [-0.2, 0) is 6.54 Å². The maximum atomic E-state index is 12.6. The van der Waals surface area contributed by atoms with Gasteiger partial charge in [-0.05, 0) is 52.0 Å². The van der Waals surface area contributed by atoms with Crippen LogP contribution in [-0.4, -0.2) is 20.3 Å². The first kappa shape index (κ1) is 17.1. The fourth-order valence-corrected chi connectivity index (χ4v) is 4.34. The van der Waals surface area contributed by atoms with Gasteiger partial charge in [0.1, 0.15) is 0 Å². The number of carbonyl (C=O) groups excluding carboxylic acids is 1. The van der Waals surface area contributed by atoms with E-state index in [1.807, 2.05) is 43.7 Å². The molecule has 0 aliphatic heterocycles. The third-order valence-corrected chi connectivity index (χ3v) is 5.32. The first-order chi connectivity index (χ1) is 11.4. The van der Waals surface area contributed by atoms with Crippen LogP contribution in [0.2, 0.25) is 0 Å². The van der Waals surface area contributed by atoms with Gasteiger partial charge in [0.05, 0.1) is 10.2 Å². The second-order valence-corrected chi connectivity index (χ2v) is 7.79. The molecule has 0 fully saturated rings. The molecule has 2 aromatic heterocycles. The summed E-state index contributed by atoms with van der Waals surface area (Å²) in [7, 11) is 0. The van der Waals surface area contributed by atoms with Crippen LogP contribution < -0.4 is 4.80 Å². The molecule has 0 saturated heterocycles. The number of hydrogen-bond acceptors (Lipinski definition) is 3. The summed E-state index contributed by atoms with van der Waals surface area (Å²) in [4.78, 5) is 17.6. The Hall–Kier alpha value is -1.73. The Morgan fingerprint density at radius 2 is 2.12 bits per heavy atom. The zero-order chi connectivity index (χ0) is 17.4. The van der Waals surface area contributed by atoms with Crippen LogP contribution in [0.3, 0.4) is 0 Å². The molecule has 0 N–H and O–H groups in total. The third-order valence-electron chi connectivity index (χ3n) is 3.79. The Morgan fingerprint density at radius 1 is 1.38 bits per heavy atom. The van der Waals surface area contributed by atoms with Crippen molar-refractivity contribution in [2.75, 3.05) is 0 Å². The van der Waals surface area contributed by atoms with Crippen molar-refractivity contribution in [2.45, 2.75) is 40.3 Å². The highest BCUT2D eigenvalue weighted by atomic mass is 79.9. The predicted octanol–water partition coefficient (Wildman–Crippen LogP) is 4.31. The van der Waals surface area contributed by atoms with Crippen molar-refractivity contribution in [3.8, 4) is 0 Å². The van der Waals surface area contributed by atoms with E-state index in [9.17, 15) is 4.79 Å². The van der Waals surface area contributed by atoms with E-state index in [0.29, 0.717) is 10.5 Å². The lowest BCUT2D eigenvalue weighted by Gasteiger charge is -2.06. The second-order valence-electron chi connectivity index (χ2n) is 5.87. The van der Waals surface area contributed by atoms with Gasteiger partial charge in [-0.15, -0.1) is 0 Å². The molecule has 7 heteroatoms. The Kier molecular flexibility index (Phi) is 4.73. The van der Waals surface area contributed by atoms with E-state index in [1.54, 1.807) is 6.07 Å². The zero-order valence-corrected chi connectivity index (χ0v) is 16.5. The van der Waals surface area contributed by atoms with Crippen molar-refractivity contribution in [3.05, 3.63) is 44.9 Å². The first-order valence-corrected chi connectivity index (χ1v) is 9.45. The molecule has 0 spiro atoms. The van der Waals surface area contributed by atoms with Crippen LogP contribution in [0, 0.1) is 6.92 Å².